The summed E-state index contributed by atoms with van der Waals surface area (Å²) >= 11 is 0. The quantitative estimate of drug-likeness (QED) is 0.733. The second kappa shape index (κ2) is 9.33. The molecule has 0 radical (unpaired) electrons. The fraction of sp³-hybridized carbons (Fsp3) is 0.579. The molecule has 2 amide bonds. The van der Waals surface area contributed by atoms with Gasteiger partial charge in [-0.2, -0.15) is 0 Å². The number of amides is 2. The topological polar surface area (TPSA) is 40.6 Å². The first-order valence-corrected chi connectivity index (χ1v) is 8.53. The van der Waals surface area contributed by atoms with Gasteiger partial charge in [0.25, 0.3) is 0 Å². The first-order valence-electron chi connectivity index (χ1n) is 8.53. The number of benzene rings is 1. The Labute approximate surface area is 140 Å². The van der Waals surface area contributed by atoms with Crippen molar-refractivity contribution in [2.75, 3.05) is 24.5 Å². The average Bonchev–Trinajstić information content (AvgIpc) is 2.50. The Kier molecular flexibility index (Phi) is 7.79. The van der Waals surface area contributed by atoms with Crippen LogP contribution in [0.5, 0.6) is 0 Å². The normalized spacial score (nSPS) is 10.5. The van der Waals surface area contributed by atoms with Crippen molar-refractivity contribution < 1.29 is 9.59 Å². The van der Waals surface area contributed by atoms with Crippen LogP contribution in [0, 0.1) is 13.8 Å². The summed E-state index contributed by atoms with van der Waals surface area (Å²) in [6.45, 7) is 11.8. The van der Waals surface area contributed by atoms with E-state index in [2.05, 4.69) is 13.8 Å². The van der Waals surface area contributed by atoms with Gasteiger partial charge >= 0.3 is 0 Å². The minimum Gasteiger partial charge on any atom is -0.343 e. The van der Waals surface area contributed by atoms with Gasteiger partial charge in [0, 0.05) is 38.7 Å². The van der Waals surface area contributed by atoms with E-state index in [4.69, 9.17) is 0 Å². The predicted molar refractivity (Wildman–Crippen MR) is 95.7 cm³/mol. The number of anilines is 1. The molecule has 0 aliphatic carbocycles. The molecule has 0 aromatic heterocycles. The molecule has 0 heterocycles. The zero-order valence-electron chi connectivity index (χ0n) is 15.2. The van der Waals surface area contributed by atoms with Crippen molar-refractivity contribution in [1.29, 1.82) is 0 Å². The Morgan fingerprint density at radius 3 is 2.04 bits per heavy atom. The van der Waals surface area contributed by atoms with E-state index in [0.717, 1.165) is 37.2 Å². The van der Waals surface area contributed by atoms with Crippen molar-refractivity contribution >= 4 is 17.5 Å². The summed E-state index contributed by atoms with van der Waals surface area (Å²) in [5.74, 6) is 0.0994. The van der Waals surface area contributed by atoms with E-state index >= 15 is 0 Å². The highest BCUT2D eigenvalue weighted by atomic mass is 16.2. The molecule has 4 heteroatoms. The van der Waals surface area contributed by atoms with E-state index < -0.39 is 0 Å². The fourth-order valence-corrected chi connectivity index (χ4v) is 2.63. The molecule has 0 saturated carbocycles. The van der Waals surface area contributed by atoms with E-state index in [9.17, 15) is 9.59 Å². The summed E-state index contributed by atoms with van der Waals surface area (Å²) in [6, 6.07) is 5.98. The standard InChI is InChI=1S/C19H30N2O2/c1-6-11-20(12-7-2)19(23)10-13-21(17(5)22)18-9-8-15(3)16(4)14-18/h8-9,14H,6-7,10-13H2,1-5H3. The Morgan fingerprint density at radius 2 is 1.57 bits per heavy atom. The molecule has 0 unspecified atom stereocenters. The van der Waals surface area contributed by atoms with Crippen molar-refractivity contribution in [3.8, 4) is 0 Å². The molecule has 4 nitrogen and oxygen atoms in total. The third-order valence-electron chi connectivity index (χ3n) is 4.07. The van der Waals surface area contributed by atoms with Crippen LogP contribution in [-0.4, -0.2) is 36.3 Å². The molecule has 23 heavy (non-hydrogen) atoms. The fourth-order valence-electron chi connectivity index (χ4n) is 2.63. The van der Waals surface area contributed by atoms with Gasteiger partial charge in [-0.1, -0.05) is 19.9 Å². The Morgan fingerprint density at radius 1 is 0.957 bits per heavy atom. The number of hydrogen-bond acceptors (Lipinski definition) is 2. The number of nitrogens with zero attached hydrogens (tertiary/aromatic N) is 2. The summed E-state index contributed by atoms with van der Waals surface area (Å²) < 4.78 is 0. The van der Waals surface area contributed by atoms with Gasteiger partial charge in [0.15, 0.2) is 0 Å². The Balaban J connectivity index is 2.78. The van der Waals surface area contributed by atoms with Crippen molar-refractivity contribution in [2.24, 2.45) is 0 Å². The smallest absolute Gasteiger partial charge is 0.224 e. The molecular formula is C19H30N2O2. The van der Waals surface area contributed by atoms with Crippen LogP contribution < -0.4 is 4.90 Å². The Bertz CT molecular complexity index is 534. The molecule has 0 N–H and O–H groups in total. The van der Waals surface area contributed by atoms with Gasteiger partial charge in [-0.25, -0.2) is 0 Å². The first kappa shape index (κ1) is 19.2. The highest BCUT2D eigenvalue weighted by Crippen LogP contribution is 2.19. The van der Waals surface area contributed by atoms with Crippen LogP contribution in [0.2, 0.25) is 0 Å². The number of rotatable bonds is 8. The molecule has 1 rings (SSSR count). The van der Waals surface area contributed by atoms with Crippen molar-refractivity contribution in [3.63, 3.8) is 0 Å². The minimum absolute atomic E-state index is 0.0291. The van der Waals surface area contributed by atoms with Gasteiger partial charge in [0.1, 0.15) is 0 Å². The van der Waals surface area contributed by atoms with Crippen LogP contribution in [0.3, 0.4) is 0 Å². The van der Waals surface area contributed by atoms with Crippen LogP contribution >= 0.6 is 0 Å². The molecule has 0 aliphatic rings. The predicted octanol–water partition coefficient (Wildman–Crippen LogP) is 3.70. The maximum absolute atomic E-state index is 12.4. The highest BCUT2D eigenvalue weighted by Gasteiger charge is 2.17. The zero-order chi connectivity index (χ0) is 17.4. The number of aryl methyl sites for hydroxylation is 2. The van der Waals surface area contributed by atoms with Crippen molar-refractivity contribution in [1.82, 2.24) is 4.90 Å². The average molecular weight is 318 g/mol. The number of hydrogen-bond donors (Lipinski definition) is 0. The second-order valence-electron chi connectivity index (χ2n) is 6.07. The molecule has 128 valence electrons. The summed E-state index contributed by atoms with van der Waals surface area (Å²) in [6.07, 6.45) is 2.28. The summed E-state index contributed by atoms with van der Waals surface area (Å²) in [5.41, 5.74) is 3.22. The molecule has 0 spiro atoms. The maximum Gasteiger partial charge on any atom is 0.224 e. The lowest BCUT2D eigenvalue weighted by atomic mass is 10.1. The number of carbonyl (C=O) groups is 2. The molecule has 0 atom stereocenters. The summed E-state index contributed by atoms with van der Waals surface area (Å²) in [7, 11) is 0. The monoisotopic (exact) mass is 318 g/mol. The van der Waals surface area contributed by atoms with E-state index in [0.29, 0.717) is 13.0 Å². The van der Waals surface area contributed by atoms with Crippen LogP contribution in [0.15, 0.2) is 18.2 Å². The second-order valence-corrected chi connectivity index (χ2v) is 6.07. The molecule has 0 saturated heterocycles. The maximum atomic E-state index is 12.4. The van der Waals surface area contributed by atoms with Crippen LogP contribution in [0.25, 0.3) is 0 Å². The van der Waals surface area contributed by atoms with Gasteiger partial charge in [-0.15, -0.1) is 0 Å². The van der Waals surface area contributed by atoms with Crippen LogP contribution in [-0.2, 0) is 9.59 Å². The molecule has 0 bridgehead atoms. The van der Waals surface area contributed by atoms with E-state index in [1.807, 2.05) is 36.9 Å². The van der Waals surface area contributed by atoms with E-state index in [1.54, 1.807) is 11.8 Å². The third-order valence-corrected chi connectivity index (χ3v) is 4.07. The Hall–Kier alpha value is -1.84. The van der Waals surface area contributed by atoms with Gasteiger partial charge in [-0.3, -0.25) is 9.59 Å². The first-order chi connectivity index (χ1) is 10.9. The lowest BCUT2D eigenvalue weighted by Crippen LogP contribution is -2.37. The van der Waals surface area contributed by atoms with Crippen molar-refractivity contribution in [2.45, 2.75) is 53.9 Å². The van der Waals surface area contributed by atoms with Crippen molar-refractivity contribution in [3.05, 3.63) is 29.3 Å². The van der Waals surface area contributed by atoms with Gasteiger partial charge < -0.3 is 9.80 Å². The minimum atomic E-state index is -0.0291. The number of carbonyl (C=O) groups excluding carboxylic acids is 2. The molecular weight excluding hydrogens is 288 g/mol. The largest absolute Gasteiger partial charge is 0.343 e. The summed E-state index contributed by atoms with van der Waals surface area (Å²) in [4.78, 5) is 28.0. The van der Waals surface area contributed by atoms with E-state index in [-0.39, 0.29) is 11.8 Å². The van der Waals surface area contributed by atoms with Gasteiger partial charge in [0.2, 0.25) is 11.8 Å². The van der Waals surface area contributed by atoms with Crippen LogP contribution in [0.1, 0.15) is 51.2 Å². The molecule has 0 aliphatic heterocycles. The van der Waals surface area contributed by atoms with Gasteiger partial charge in [-0.05, 0) is 49.9 Å². The van der Waals surface area contributed by atoms with Crippen LogP contribution in [0.4, 0.5) is 5.69 Å². The zero-order valence-corrected chi connectivity index (χ0v) is 15.2. The lowest BCUT2D eigenvalue weighted by molar-refractivity contribution is -0.131. The summed E-state index contributed by atoms with van der Waals surface area (Å²) in [5, 5.41) is 0. The molecule has 1 aromatic carbocycles. The highest BCUT2D eigenvalue weighted by molar-refractivity contribution is 5.92. The molecule has 0 fully saturated rings. The van der Waals surface area contributed by atoms with E-state index in [1.165, 1.54) is 5.56 Å². The third kappa shape index (κ3) is 5.70. The van der Waals surface area contributed by atoms with Gasteiger partial charge in [0.05, 0.1) is 0 Å². The lowest BCUT2D eigenvalue weighted by Gasteiger charge is -2.25. The SMILES string of the molecule is CCCN(CCC)C(=O)CCN(C(C)=O)c1ccc(C)c(C)c1. The molecule has 1 aromatic rings.